The Balaban J connectivity index is 1.87. The molecule has 1 saturated heterocycles. The number of nitrogens with zero attached hydrogens (tertiary/aromatic N) is 3. The van der Waals surface area contributed by atoms with Gasteiger partial charge in [-0.1, -0.05) is 11.6 Å². The first-order valence-corrected chi connectivity index (χ1v) is 6.82. The first-order chi connectivity index (χ1) is 8.84. The van der Waals surface area contributed by atoms with E-state index in [-0.39, 0.29) is 6.04 Å². The van der Waals surface area contributed by atoms with Crippen LogP contribution in [-0.2, 0) is 0 Å². The number of aromatic nitrogens is 3. The molecule has 2 aromatic heterocycles. The highest BCUT2D eigenvalue weighted by molar-refractivity contribution is 9.10. The number of halogens is 1. The molecular formula is C12H13BrN4O. The Morgan fingerprint density at radius 2 is 2.33 bits per heavy atom. The van der Waals surface area contributed by atoms with Gasteiger partial charge in [-0.3, -0.25) is 4.98 Å². The predicted molar refractivity (Wildman–Crippen MR) is 69.8 cm³/mol. The summed E-state index contributed by atoms with van der Waals surface area (Å²) < 4.78 is 6.20. The van der Waals surface area contributed by atoms with Crippen molar-refractivity contribution >= 4 is 15.9 Å². The van der Waals surface area contributed by atoms with Gasteiger partial charge in [0.15, 0.2) is 0 Å². The van der Waals surface area contributed by atoms with Crippen molar-refractivity contribution in [3.8, 4) is 11.5 Å². The molecule has 0 spiro atoms. The van der Waals surface area contributed by atoms with Crippen molar-refractivity contribution < 1.29 is 4.52 Å². The fourth-order valence-corrected chi connectivity index (χ4v) is 2.52. The van der Waals surface area contributed by atoms with Gasteiger partial charge in [-0.2, -0.15) is 4.98 Å². The lowest BCUT2D eigenvalue weighted by molar-refractivity contribution is 0.297. The molecule has 1 aliphatic rings. The van der Waals surface area contributed by atoms with Crippen molar-refractivity contribution in [1.29, 1.82) is 0 Å². The van der Waals surface area contributed by atoms with Gasteiger partial charge in [0.25, 0.3) is 0 Å². The van der Waals surface area contributed by atoms with E-state index in [1.54, 1.807) is 6.20 Å². The second-order valence-electron chi connectivity index (χ2n) is 4.29. The Labute approximate surface area is 113 Å². The number of nitrogens with one attached hydrogen (secondary N) is 1. The van der Waals surface area contributed by atoms with Gasteiger partial charge < -0.3 is 9.84 Å². The van der Waals surface area contributed by atoms with Crippen molar-refractivity contribution in [1.82, 2.24) is 20.4 Å². The number of piperidine rings is 1. The Morgan fingerprint density at radius 3 is 3.11 bits per heavy atom. The van der Waals surface area contributed by atoms with E-state index < -0.39 is 0 Å². The van der Waals surface area contributed by atoms with Crippen LogP contribution in [0.1, 0.15) is 31.2 Å². The van der Waals surface area contributed by atoms with Gasteiger partial charge >= 0.3 is 0 Å². The van der Waals surface area contributed by atoms with Crippen LogP contribution in [0, 0.1) is 0 Å². The maximum Gasteiger partial charge on any atom is 0.244 e. The molecule has 1 aliphatic heterocycles. The first-order valence-electron chi connectivity index (χ1n) is 6.02. The Kier molecular flexibility index (Phi) is 3.38. The molecule has 94 valence electrons. The molecule has 0 aromatic carbocycles. The SMILES string of the molecule is Brc1cccnc1-c1noc([C@@H]2CCCCN2)n1. The normalized spacial score (nSPS) is 19.9. The fourth-order valence-electron chi connectivity index (χ4n) is 2.09. The second-order valence-corrected chi connectivity index (χ2v) is 5.15. The largest absolute Gasteiger partial charge is 0.337 e. The highest BCUT2D eigenvalue weighted by Gasteiger charge is 2.22. The van der Waals surface area contributed by atoms with Crippen molar-refractivity contribution in [2.45, 2.75) is 25.3 Å². The Morgan fingerprint density at radius 1 is 1.39 bits per heavy atom. The van der Waals surface area contributed by atoms with E-state index in [1.165, 1.54) is 12.8 Å². The summed E-state index contributed by atoms with van der Waals surface area (Å²) >= 11 is 3.44. The van der Waals surface area contributed by atoms with Crippen molar-refractivity contribution in [2.75, 3.05) is 6.54 Å². The molecule has 2 aromatic rings. The molecule has 3 heterocycles. The number of hydrogen-bond donors (Lipinski definition) is 1. The second kappa shape index (κ2) is 5.16. The lowest BCUT2D eigenvalue weighted by atomic mass is 10.1. The van der Waals surface area contributed by atoms with Crippen molar-refractivity contribution in [3.63, 3.8) is 0 Å². The third-order valence-electron chi connectivity index (χ3n) is 3.02. The molecule has 0 saturated carbocycles. The van der Waals surface area contributed by atoms with E-state index in [4.69, 9.17) is 4.52 Å². The predicted octanol–water partition coefficient (Wildman–Crippen LogP) is 2.71. The molecule has 1 N–H and O–H groups in total. The molecule has 6 heteroatoms. The van der Waals surface area contributed by atoms with Crippen LogP contribution in [0.15, 0.2) is 27.3 Å². The molecule has 0 bridgehead atoms. The van der Waals surface area contributed by atoms with Gasteiger partial charge in [0, 0.05) is 10.7 Å². The smallest absolute Gasteiger partial charge is 0.244 e. The lowest BCUT2D eigenvalue weighted by Crippen LogP contribution is -2.26. The van der Waals surface area contributed by atoms with Crippen molar-refractivity contribution in [3.05, 3.63) is 28.7 Å². The van der Waals surface area contributed by atoms with E-state index in [9.17, 15) is 0 Å². The molecule has 5 nitrogen and oxygen atoms in total. The third kappa shape index (κ3) is 2.30. The summed E-state index contributed by atoms with van der Waals surface area (Å²) in [5.74, 6) is 1.19. The van der Waals surface area contributed by atoms with Crippen LogP contribution >= 0.6 is 15.9 Å². The summed E-state index contributed by atoms with van der Waals surface area (Å²) in [6.07, 6.45) is 5.17. The minimum absolute atomic E-state index is 0.183. The quantitative estimate of drug-likeness (QED) is 0.924. The van der Waals surface area contributed by atoms with Crippen LogP contribution in [-0.4, -0.2) is 21.7 Å². The van der Waals surface area contributed by atoms with Crippen LogP contribution in [0.5, 0.6) is 0 Å². The van der Waals surface area contributed by atoms with Gasteiger partial charge in [0.2, 0.25) is 11.7 Å². The van der Waals surface area contributed by atoms with Gasteiger partial charge in [-0.25, -0.2) is 0 Å². The summed E-state index contributed by atoms with van der Waals surface area (Å²) in [7, 11) is 0. The lowest BCUT2D eigenvalue weighted by Gasteiger charge is -2.19. The zero-order valence-electron chi connectivity index (χ0n) is 9.77. The number of pyridine rings is 1. The third-order valence-corrected chi connectivity index (χ3v) is 3.66. The maximum atomic E-state index is 5.33. The van der Waals surface area contributed by atoms with Crippen LogP contribution in [0.2, 0.25) is 0 Å². The summed E-state index contributed by atoms with van der Waals surface area (Å²) in [5, 5.41) is 7.39. The maximum absolute atomic E-state index is 5.33. The van der Waals surface area contributed by atoms with Crippen molar-refractivity contribution in [2.24, 2.45) is 0 Å². The molecular weight excluding hydrogens is 296 g/mol. The first kappa shape index (κ1) is 11.8. The van der Waals surface area contributed by atoms with Crippen LogP contribution < -0.4 is 5.32 Å². The zero-order valence-corrected chi connectivity index (χ0v) is 11.4. The monoisotopic (exact) mass is 308 g/mol. The minimum Gasteiger partial charge on any atom is -0.337 e. The minimum atomic E-state index is 0.183. The average molecular weight is 309 g/mol. The summed E-state index contributed by atoms with van der Waals surface area (Å²) in [4.78, 5) is 8.69. The van der Waals surface area contributed by atoms with Crippen LogP contribution in [0.3, 0.4) is 0 Å². The molecule has 0 unspecified atom stereocenters. The highest BCUT2D eigenvalue weighted by atomic mass is 79.9. The number of hydrogen-bond acceptors (Lipinski definition) is 5. The van der Waals surface area contributed by atoms with E-state index in [0.29, 0.717) is 17.4 Å². The molecule has 0 radical (unpaired) electrons. The molecule has 1 atom stereocenters. The molecule has 0 aliphatic carbocycles. The number of rotatable bonds is 2. The van der Waals surface area contributed by atoms with Crippen LogP contribution in [0.25, 0.3) is 11.5 Å². The average Bonchev–Trinajstić information content (AvgIpc) is 2.90. The molecule has 1 fully saturated rings. The van der Waals surface area contributed by atoms with Gasteiger partial charge in [-0.05, 0) is 47.4 Å². The van der Waals surface area contributed by atoms with Gasteiger partial charge in [0.1, 0.15) is 5.69 Å². The molecule has 0 amide bonds. The summed E-state index contributed by atoms with van der Waals surface area (Å²) in [6.45, 7) is 1.01. The van der Waals surface area contributed by atoms with E-state index in [2.05, 4.69) is 36.4 Å². The van der Waals surface area contributed by atoms with E-state index in [0.717, 1.165) is 17.4 Å². The fraction of sp³-hybridized carbons (Fsp3) is 0.417. The van der Waals surface area contributed by atoms with E-state index >= 15 is 0 Å². The van der Waals surface area contributed by atoms with Gasteiger partial charge in [0.05, 0.1) is 6.04 Å². The Bertz CT molecular complexity index is 536. The molecule has 3 rings (SSSR count). The van der Waals surface area contributed by atoms with E-state index in [1.807, 2.05) is 12.1 Å². The standard InChI is InChI=1S/C12H13BrN4O/c13-8-4-3-7-15-10(8)11-16-12(18-17-11)9-5-1-2-6-14-9/h3-4,7,9,14H,1-2,5-6H2/t9-/m0/s1. The Hall–Kier alpha value is -1.27. The topological polar surface area (TPSA) is 63.8 Å². The van der Waals surface area contributed by atoms with Crippen LogP contribution in [0.4, 0.5) is 0 Å². The van der Waals surface area contributed by atoms with Gasteiger partial charge in [-0.15, -0.1) is 0 Å². The summed E-state index contributed by atoms with van der Waals surface area (Å²) in [5.41, 5.74) is 0.711. The summed E-state index contributed by atoms with van der Waals surface area (Å²) in [6, 6.07) is 3.96. The zero-order chi connectivity index (χ0) is 12.4. The molecule has 18 heavy (non-hydrogen) atoms. The highest BCUT2D eigenvalue weighted by Crippen LogP contribution is 2.26.